The van der Waals surface area contributed by atoms with Crippen molar-refractivity contribution >= 4 is 5.91 Å². The Labute approximate surface area is 192 Å². The van der Waals surface area contributed by atoms with Gasteiger partial charge in [-0.3, -0.25) is 9.69 Å². The Morgan fingerprint density at radius 3 is 2.30 bits per heavy atom. The third-order valence-corrected chi connectivity index (χ3v) is 5.63. The first kappa shape index (κ1) is 24.9. The van der Waals surface area contributed by atoms with Crippen molar-refractivity contribution in [2.24, 2.45) is 0 Å². The lowest BCUT2D eigenvalue weighted by atomic mass is 10.1. The zero-order valence-electron chi connectivity index (χ0n) is 18.9. The zero-order chi connectivity index (χ0) is 23.7. The van der Waals surface area contributed by atoms with Crippen molar-refractivity contribution in [3.8, 4) is 11.5 Å². The monoisotopic (exact) mass is 464 g/mol. The van der Waals surface area contributed by atoms with Crippen LogP contribution in [0.4, 0.5) is 13.2 Å². The van der Waals surface area contributed by atoms with E-state index in [2.05, 4.69) is 22.3 Å². The number of hydrogen-bond acceptors (Lipinski definition) is 4. The quantitative estimate of drug-likeness (QED) is 0.545. The molecule has 1 N–H and O–H groups in total. The maximum atomic E-state index is 12.4. The van der Waals surface area contributed by atoms with Gasteiger partial charge >= 0.3 is 6.18 Å². The molecule has 1 heterocycles. The Morgan fingerprint density at radius 1 is 0.970 bits per heavy atom. The maximum Gasteiger partial charge on any atom is 0.422 e. The number of carbonyl (C=O) groups excluding carboxylic acids is 1. The summed E-state index contributed by atoms with van der Waals surface area (Å²) in [6.07, 6.45) is 0.148. The summed E-state index contributed by atoms with van der Waals surface area (Å²) in [6, 6.07) is 13.0. The zero-order valence-corrected chi connectivity index (χ0v) is 18.9. The fraction of sp³-hybridized carbons (Fsp3) is 0.480. The summed E-state index contributed by atoms with van der Waals surface area (Å²) in [5.74, 6) is 0.136. The predicted molar refractivity (Wildman–Crippen MR) is 120 cm³/mol. The van der Waals surface area contributed by atoms with E-state index >= 15 is 0 Å². The number of aryl methyl sites for hydroxylation is 1. The van der Waals surface area contributed by atoms with Gasteiger partial charge in [-0.25, -0.2) is 0 Å². The number of carbonyl (C=O) groups is 1. The van der Waals surface area contributed by atoms with E-state index in [0.29, 0.717) is 13.0 Å². The number of nitrogens with zero attached hydrogens (tertiary/aromatic N) is 1. The fourth-order valence-electron chi connectivity index (χ4n) is 3.83. The van der Waals surface area contributed by atoms with Gasteiger partial charge in [0.05, 0.1) is 7.11 Å². The van der Waals surface area contributed by atoms with Gasteiger partial charge in [0.1, 0.15) is 0 Å². The largest absolute Gasteiger partial charge is 0.493 e. The van der Waals surface area contributed by atoms with Crippen LogP contribution in [0.1, 0.15) is 42.4 Å². The van der Waals surface area contributed by atoms with Gasteiger partial charge in [-0.05, 0) is 61.2 Å². The summed E-state index contributed by atoms with van der Waals surface area (Å²) < 4.78 is 47.0. The standard InChI is InChI=1S/C25H31F3N2O3/c1-32-23-15-19(9-11-22(23)33-18-25(26,27)28)10-12-24(31)29-16-20-5-7-21(8-6-20)17-30-13-3-2-4-14-30/h5-9,11,15H,2-4,10,12-14,16-18H2,1H3,(H,29,31). The summed E-state index contributed by atoms with van der Waals surface area (Å²) in [4.78, 5) is 14.7. The van der Waals surface area contributed by atoms with Crippen LogP contribution in [0.2, 0.25) is 0 Å². The summed E-state index contributed by atoms with van der Waals surface area (Å²) in [7, 11) is 1.37. The molecule has 2 aromatic rings. The predicted octanol–water partition coefficient (Wildman–Crippen LogP) is 4.87. The molecule has 2 aromatic carbocycles. The Hall–Kier alpha value is -2.74. The summed E-state index contributed by atoms with van der Waals surface area (Å²) in [5, 5.41) is 2.92. The number of alkyl halides is 3. The van der Waals surface area contributed by atoms with Crippen LogP contribution >= 0.6 is 0 Å². The first-order valence-electron chi connectivity index (χ1n) is 11.3. The van der Waals surface area contributed by atoms with E-state index in [1.165, 1.54) is 38.0 Å². The highest BCUT2D eigenvalue weighted by molar-refractivity contribution is 5.76. The van der Waals surface area contributed by atoms with Crippen molar-refractivity contribution in [3.63, 3.8) is 0 Å². The minimum Gasteiger partial charge on any atom is -0.493 e. The highest BCUT2D eigenvalue weighted by Gasteiger charge is 2.29. The molecule has 0 saturated carbocycles. The van der Waals surface area contributed by atoms with E-state index in [1.807, 2.05) is 12.1 Å². The first-order chi connectivity index (χ1) is 15.8. The lowest BCUT2D eigenvalue weighted by molar-refractivity contribution is -0.153. The molecule has 0 spiro atoms. The summed E-state index contributed by atoms with van der Waals surface area (Å²) in [5.41, 5.74) is 3.10. The molecule has 0 radical (unpaired) electrons. The molecule has 0 aliphatic carbocycles. The Balaban J connectivity index is 1.42. The molecule has 5 nitrogen and oxygen atoms in total. The third-order valence-electron chi connectivity index (χ3n) is 5.63. The number of ether oxygens (including phenoxy) is 2. The van der Waals surface area contributed by atoms with Gasteiger partial charge in [0.15, 0.2) is 18.1 Å². The molecule has 1 aliphatic rings. The maximum absolute atomic E-state index is 12.4. The van der Waals surface area contributed by atoms with Crippen LogP contribution < -0.4 is 14.8 Å². The minimum atomic E-state index is -4.42. The number of nitrogens with one attached hydrogen (secondary N) is 1. The minimum absolute atomic E-state index is 0.0201. The summed E-state index contributed by atoms with van der Waals surface area (Å²) in [6.45, 7) is 2.36. The van der Waals surface area contributed by atoms with Crippen LogP contribution in [0.15, 0.2) is 42.5 Å². The second-order valence-corrected chi connectivity index (χ2v) is 8.32. The van der Waals surface area contributed by atoms with Crippen LogP contribution in [-0.4, -0.2) is 43.8 Å². The van der Waals surface area contributed by atoms with Crippen molar-refractivity contribution in [3.05, 3.63) is 59.2 Å². The van der Waals surface area contributed by atoms with Crippen LogP contribution in [0.25, 0.3) is 0 Å². The molecule has 0 unspecified atom stereocenters. The Kier molecular flexibility index (Phi) is 9.00. The average Bonchev–Trinajstić information content (AvgIpc) is 2.81. The summed E-state index contributed by atoms with van der Waals surface area (Å²) >= 11 is 0. The Morgan fingerprint density at radius 2 is 1.64 bits per heavy atom. The number of benzene rings is 2. The SMILES string of the molecule is COc1cc(CCC(=O)NCc2ccc(CN3CCCCC3)cc2)ccc1OCC(F)(F)F. The van der Waals surface area contributed by atoms with Gasteiger partial charge in [-0.15, -0.1) is 0 Å². The van der Waals surface area contributed by atoms with E-state index in [4.69, 9.17) is 9.47 Å². The second kappa shape index (κ2) is 11.9. The fourth-order valence-corrected chi connectivity index (χ4v) is 3.83. The van der Waals surface area contributed by atoms with Gasteiger partial charge in [-0.1, -0.05) is 36.8 Å². The van der Waals surface area contributed by atoms with Crippen molar-refractivity contribution in [2.75, 3.05) is 26.8 Å². The number of likely N-dealkylation sites (tertiary alicyclic amines) is 1. The third kappa shape index (κ3) is 8.61. The van der Waals surface area contributed by atoms with Gasteiger partial charge in [-0.2, -0.15) is 13.2 Å². The molecule has 1 fully saturated rings. The Bertz CT molecular complexity index is 895. The molecule has 1 amide bonds. The highest BCUT2D eigenvalue weighted by atomic mass is 19.4. The molecule has 0 aromatic heterocycles. The number of hydrogen-bond donors (Lipinski definition) is 1. The normalized spacial score (nSPS) is 14.7. The molecular formula is C25H31F3N2O3. The average molecular weight is 465 g/mol. The molecule has 1 saturated heterocycles. The van der Waals surface area contributed by atoms with E-state index < -0.39 is 12.8 Å². The van der Waals surface area contributed by atoms with E-state index in [-0.39, 0.29) is 23.8 Å². The van der Waals surface area contributed by atoms with Gasteiger partial charge in [0.2, 0.25) is 5.91 Å². The lowest BCUT2D eigenvalue weighted by Gasteiger charge is -2.26. The van der Waals surface area contributed by atoms with Crippen molar-refractivity contribution in [1.29, 1.82) is 0 Å². The van der Waals surface area contributed by atoms with E-state index in [1.54, 1.807) is 12.1 Å². The van der Waals surface area contributed by atoms with Gasteiger partial charge in [0.25, 0.3) is 0 Å². The smallest absolute Gasteiger partial charge is 0.422 e. The number of methoxy groups -OCH3 is 1. The van der Waals surface area contributed by atoms with Crippen LogP contribution in [0.3, 0.4) is 0 Å². The number of piperidine rings is 1. The topological polar surface area (TPSA) is 50.8 Å². The molecule has 33 heavy (non-hydrogen) atoms. The van der Waals surface area contributed by atoms with Crippen molar-refractivity contribution in [1.82, 2.24) is 10.2 Å². The number of halogens is 3. The lowest BCUT2D eigenvalue weighted by Crippen LogP contribution is -2.29. The number of rotatable bonds is 10. The highest BCUT2D eigenvalue weighted by Crippen LogP contribution is 2.30. The first-order valence-corrected chi connectivity index (χ1v) is 11.3. The molecule has 8 heteroatoms. The van der Waals surface area contributed by atoms with Gasteiger partial charge < -0.3 is 14.8 Å². The number of amides is 1. The second-order valence-electron chi connectivity index (χ2n) is 8.32. The van der Waals surface area contributed by atoms with Crippen LogP contribution in [-0.2, 0) is 24.3 Å². The molecule has 0 atom stereocenters. The molecule has 3 rings (SSSR count). The van der Waals surface area contributed by atoms with Gasteiger partial charge in [0, 0.05) is 19.5 Å². The molecule has 1 aliphatic heterocycles. The molecule has 0 bridgehead atoms. The van der Waals surface area contributed by atoms with Crippen molar-refractivity contribution in [2.45, 2.75) is 51.4 Å². The van der Waals surface area contributed by atoms with E-state index in [9.17, 15) is 18.0 Å². The van der Waals surface area contributed by atoms with E-state index in [0.717, 1.165) is 30.8 Å². The van der Waals surface area contributed by atoms with Crippen LogP contribution in [0, 0.1) is 0 Å². The van der Waals surface area contributed by atoms with Crippen LogP contribution in [0.5, 0.6) is 11.5 Å². The molecule has 180 valence electrons. The molecular weight excluding hydrogens is 433 g/mol. The van der Waals surface area contributed by atoms with Crippen molar-refractivity contribution < 1.29 is 27.4 Å².